The van der Waals surface area contributed by atoms with Gasteiger partial charge in [-0.2, -0.15) is 0 Å². The molecule has 0 bridgehead atoms. The van der Waals surface area contributed by atoms with E-state index in [2.05, 4.69) is 4.74 Å². The summed E-state index contributed by atoms with van der Waals surface area (Å²) in [5, 5.41) is 0.513. The lowest BCUT2D eigenvalue weighted by atomic mass is 10.0. The third-order valence-corrected chi connectivity index (χ3v) is 4.83. The predicted octanol–water partition coefficient (Wildman–Crippen LogP) is 4.56. The second kappa shape index (κ2) is 8.75. The van der Waals surface area contributed by atoms with Gasteiger partial charge in [0.05, 0.1) is 12.9 Å². The van der Waals surface area contributed by atoms with Crippen LogP contribution in [0.5, 0.6) is 0 Å². The van der Waals surface area contributed by atoms with E-state index in [4.69, 9.17) is 11.6 Å². The van der Waals surface area contributed by atoms with E-state index >= 15 is 0 Å². The van der Waals surface area contributed by atoms with Crippen molar-refractivity contribution in [3.8, 4) is 0 Å². The van der Waals surface area contributed by atoms with Crippen LogP contribution in [0.15, 0.2) is 54.6 Å². The summed E-state index contributed by atoms with van der Waals surface area (Å²) in [7, 11) is 1.36. The number of carbonyl (C=O) groups excluding carboxylic acids is 2. The van der Waals surface area contributed by atoms with E-state index < -0.39 is 0 Å². The van der Waals surface area contributed by atoms with Gasteiger partial charge in [0.25, 0.3) is 0 Å². The van der Waals surface area contributed by atoms with Gasteiger partial charge in [0.2, 0.25) is 0 Å². The molecule has 120 valence electrons. The van der Waals surface area contributed by atoms with Gasteiger partial charge >= 0.3 is 5.97 Å². The first-order chi connectivity index (χ1) is 11.1. The first-order valence-corrected chi connectivity index (χ1v) is 8.55. The van der Waals surface area contributed by atoms with Crippen LogP contribution in [0.1, 0.15) is 27.6 Å². The highest BCUT2D eigenvalue weighted by atomic mass is 35.5. The maximum absolute atomic E-state index is 12.5. The van der Waals surface area contributed by atoms with Gasteiger partial charge < -0.3 is 4.74 Å². The van der Waals surface area contributed by atoms with Gasteiger partial charge in [-0.1, -0.05) is 54.1 Å². The van der Waals surface area contributed by atoms with Crippen molar-refractivity contribution in [1.29, 1.82) is 0 Å². The van der Waals surface area contributed by atoms with Crippen LogP contribution in [0.4, 0.5) is 0 Å². The zero-order valence-corrected chi connectivity index (χ0v) is 14.3. The molecule has 23 heavy (non-hydrogen) atoms. The van der Waals surface area contributed by atoms with Crippen LogP contribution in [0.3, 0.4) is 0 Å². The minimum Gasteiger partial charge on any atom is -0.468 e. The third-order valence-electron chi connectivity index (χ3n) is 3.34. The van der Waals surface area contributed by atoms with Crippen molar-refractivity contribution in [3.05, 3.63) is 70.7 Å². The number of carbonyl (C=O) groups is 2. The fourth-order valence-corrected chi connectivity index (χ4v) is 3.29. The summed E-state index contributed by atoms with van der Waals surface area (Å²) < 4.78 is 4.68. The number of benzene rings is 2. The Morgan fingerprint density at radius 3 is 2.35 bits per heavy atom. The Labute approximate surface area is 145 Å². The number of methoxy groups -OCH3 is 1. The molecule has 0 unspecified atom stereocenters. The van der Waals surface area contributed by atoms with Gasteiger partial charge in [-0.15, -0.1) is 11.8 Å². The molecule has 0 amide bonds. The quantitative estimate of drug-likeness (QED) is 0.543. The highest BCUT2D eigenvalue weighted by molar-refractivity contribution is 8.00. The Bertz CT molecular complexity index is 656. The second-order valence-corrected chi connectivity index (χ2v) is 6.55. The fraction of sp³-hybridized carbons (Fsp3) is 0.222. The number of halogens is 1. The van der Waals surface area contributed by atoms with Crippen LogP contribution in [-0.4, -0.2) is 24.6 Å². The summed E-state index contributed by atoms with van der Waals surface area (Å²) in [4.78, 5) is 23.9. The molecule has 0 spiro atoms. The molecular weight excluding hydrogens is 332 g/mol. The number of rotatable bonds is 7. The van der Waals surface area contributed by atoms with E-state index in [0.29, 0.717) is 17.0 Å². The monoisotopic (exact) mass is 348 g/mol. The molecule has 3 nitrogen and oxygen atoms in total. The molecule has 0 N–H and O–H groups in total. The topological polar surface area (TPSA) is 43.4 Å². The number of Topliss-reactive ketones (excluding diaryl/α,β-unsaturated/α-hetero) is 1. The van der Waals surface area contributed by atoms with Crippen molar-refractivity contribution >= 4 is 35.1 Å². The molecule has 0 saturated carbocycles. The molecule has 2 rings (SSSR count). The number of thioether (sulfide) groups is 1. The van der Waals surface area contributed by atoms with Crippen molar-refractivity contribution in [2.24, 2.45) is 0 Å². The van der Waals surface area contributed by atoms with Crippen LogP contribution < -0.4 is 0 Å². The van der Waals surface area contributed by atoms with Crippen LogP contribution in [0.2, 0.25) is 5.02 Å². The number of ketones is 1. The molecule has 0 aliphatic heterocycles. The van der Waals surface area contributed by atoms with Crippen molar-refractivity contribution in [2.75, 3.05) is 12.9 Å². The Hall–Kier alpha value is -1.78. The van der Waals surface area contributed by atoms with Crippen molar-refractivity contribution < 1.29 is 14.3 Å². The van der Waals surface area contributed by atoms with E-state index in [0.717, 1.165) is 5.56 Å². The molecule has 1 atom stereocenters. The van der Waals surface area contributed by atoms with Gasteiger partial charge in [0.15, 0.2) is 5.78 Å². The summed E-state index contributed by atoms with van der Waals surface area (Å²) >= 11 is 7.32. The summed E-state index contributed by atoms with van der Waals surface area (Å²) in [6, 6.07) is 16.5. The molecule has 5 heteroatoms. The van der Waals surface area contributed by atoms with Crippen LogP contribution in [0.25, 0.3) is 0 Å². The predicted molar refractivity (Wildman–Crippen MR) is 94.1 cm³/mol. The first kappa shape index (κ1) is 17.6. The van der Waals surface area contributed by atoms with E-state index in [1.54, 1.807) is 24.3 Å². The van der Waals surface area contributed by atoms with Gasteiger partial charge in [-0.05, 0) is 17.7 Å². The second-order valence-electron chi connectivity index (χ2n) is 4.92. The van der Waals surface area contributed by atoms with Crippen molar-refractivity contribution in [2.45, 2.75) is 11.7 Å². The third kappa shape index (κ3) is 5.41. The zero-order valence-electron chi connectivity index (χ0n) is 12.7. The Kier molecular flexibility index (Phi) is 6.68. The smallest absolute Gasteiger partial charge is 0.315 e. The summed E-state index contributed by atoms with van der Waals surface area (Å²) in [6.07, 6.45) is 0.313. The standard InChI is InChI=1S/C18H17ClO3S/c1-22-18(21)12-23-17(14-7-9-15(19)10-8-14)11-16(20)13-5-3-2-4-6-13/h2-10,17H,11-12H2,1H3/t17-/m0/s1. The molecule has 0 aliphatic carbocycles. The SMILES string of the molecule is COC(=O)CS[C@@H](CC(=O)c1ccccc1)c1ccc(Cl)cc1. The van der Waals surface area contributed by atoms with E-state index in [9.17, 15) is 9.59 Å². The van der Waals surface area contributed by atoms with Crippen LogP contribution in [0, 0.1) is 0 Å². The van der Waals surface area contributed by atoms with Crippen LogP contribution >= 0.6 is 23.4 Å². The summed E-state index contributed by atoms with van der Waals surface area (Å²) in [6.45, 7) is 0. The van der Waals surface area contributed by atoms with E-state index in [1.807, 2.05) is 30.3 Å². The Morgan fingerprint density at radius 1 is 1.09 bits per heavy atom. The Balaban J connectivity index is 2.14. The van der Waals surface area contributed by atoms with E-state index in [1.165, 1.54) is 18.9 Å². The van der Waals surface area contributed by atoms with Gasteiger partial charge in [-0.25, -0.2) is 0 Å². The number of hydrogen-bond acceptors (Lipinski definition) is 4. The van der Waals surface area contributed by atoms with Gasteiger partial charge in [-0.3, -0.25) is 9.59 Å². The van der Waals surface area contributed by atoms with Gasteiger partial charge in [0, 0.05) is 22.3 Å². The minimum atomic E-state index is -0.305. The fourth-order valence-electron chi connectivity index (χ4n) is 2.09. The molecule has 0 saturated heterocycles. The van der Waals surface area contributed by atoms with Gasteiger partial charge in [0.1, 0.15) is 0 Å². The lowest BCUT2D eigenvalue weighted by Gasteiger charge is -2.16. The normalized spacial score (nSPS) is 11.7. The zero-order chi connectivity index (χ0) is 16.7. The molecule has 0 aromatic heterocycles. The number of ether oxygens (including phenoxy) is 1. The number of esters is 1. The maximum Gasteiger partial charge on any atom is 0.315 e. The highest BCUT2D eigenvalue weighted by Crippen LogP contribution is 2.34. The molecule has 0 aliphatic rings. The lowest BCUT2D eigenvalue weighted by Crippen LogP contribution is -2.09. The molecule has 0 fully saturated rings. The first-order valence-electron chi connectivity index (χ1n) is 7.12. The van der Waals surface area contributed by atoms with Crippen molar-refractivity contribution in [3.63, 3.8) is 0 Å². The summed E-state index contributed by atoms with van der Waals surface area (Å²) in [5.41, 5.74) is 1.64. The number of hydrogen-bond donors (Lipinski definition) is 0. The maximum atomic E-state index is 12.5. The molecule has 2 aromatic rings. The average molecular weight is 349 g/mol. The van der Waals surface area contributed by atoms with Crippen molar-refractivity contribution in [1.82, 2.24) is 0 Å². The molecule has 0 radical (unpaired) electrons. The van der Waals surface area contributed by atoms with E-state index in [-0.39, 0.29) is 22.8 Å². The molecular formula is C18H17ClO3S. The molecule has 2 aromatic carbocycles. The minimum absolute atomic E-state index is 0.0444. The average Bonchev–Trinajstić information content (AvgIpc) is 2.59. The highest BCUT2D eigenvalue weighted by Gasteiger charge is 2.19. The Morgan fingerprint density at radius 2 is 1.74 bits per heavy atom. The summed E-state index contributed by atoms with van der Waals surface area (Å²) in [5.74, 6) is -0.0599. The lowest BCUT2D eigenvalue weighted by molar-refractivity contribution is -0.137. The largest absolute Gasteiger partial charge is 0.468 e. The molecule has 0 heterocycles. The van der Waals surface area contributed by atoms with Crippen LogP contribution in [-0.2, 0) is 9.53 Å².